The molecule has 0 saturated carbocycles. The summed E-state index contributed by atoms with van der Waals surface area (Å²) in [6, 6.07) is 8.15. The van der Waals surface area contributed by atoms with Crippen molar-refractivity contribution in [2.75, 3.05) is 0 Å². The largest absolute Gasteiger partial charge is 0.323 e. The van der Waals surface area contributed by atoms with E-state index in [9.17, 15) is 0 Å². The average molecular weight is 286 g/mol. The zero-order valence-corrected chi connectivity index (χ0v) is 12.7. The van der Waals surface area contributed by atoms with Crippen molar-refractivity contribution < 1.29 is 0 Å². The van der Waals surface area contributed by atoms with Gasteiger partial charge in [-0.15, -0.1) is 11.3 Å². The van der Waals surface area contributed by atoms with Crippen molar-refractivity contribution in [3.8, 4) is 0 Å². The van der Waals surface area contributed by atoms with Crippen molar-refractivity contribution in [1.82, 2.24) is 14.8 Å². The summed E-state index contributed by atoms with van der Waals surface area (Å²) in [6.07, 6.45) is 0.757. The highest BCUT2D eigenvalue weighted by atomic mass is 32.1. The molecule has 0 aliphatic heterocycles. The highest BCUT2D eigenvalue weighted by molar-refractivity contribution is 7.18. The summed E-state index contributed by atoms with van der Waals surface area (Å²) in [5.74, 6) is 0. The fourth-order valence-electron chi connectivity index (χ4n) is 2.62. The van der Waals surface area contributed by atoms with E-state index in [-0.39, 0.29) is 6.04 Å². The van der Waals surface area contributed by atoms with Gasteiger partial charge in [0.1, 0.15) is 0 Å². The Labute approximate surface area is 122 Å². The number of nitrogens with zero attached hydrogens (tertiary/aromatic N) is 3. The summed E-state index contributed by atoms with van der Waals surface area (Å²) in [5, 5.41) is 5.52. The summed E-state index contributed by atoms with van der Waals surface area (Å²) in [4.78, 5) is 4.66. The van der Waals surface area contributed by atoms with Crippen LogP contribution in [0.25, 0.3) is 10.2 Å². The van der Waals surface area contributed by atoms with Crippen LogP contribution in [0.5, 0.6) is 0 Å². The van der Waals surface area contributed by atoms with E-state index in [1.807, 2.05) is 36.9 Å². The number of aryl methyl sites for hydroxylation is 2. The first-order valence-corrected chi connectivity index (χ1v) is 7.48. The van der Waals surface area contributed by atoms with Crippen LogP contribution in [0.4, 0.5) is 0 Å². The zero-order chi connectivity index (χ0) is 14.3. The Balaban J connectivity index is 1.90. The van der Waals surface area contributed by atoms with Crippen LogP contribution < -0.4 is 5.73 Å². The predicted molar refractivity (Wildman–Crippen MR) is 82.9 cm³/mol. The summed E-state index contributed by atoms with van der Waals surface area (Å²) < 4.78 is 3.11. The number of aromatic nitrogens is 3. The third kappa shape index (κ3) is 2.23. The van der Waals surface area contributed by atoms with Crippen LogP contribution in [0.3, 0.4) is 0 Å². The third-order valence-corrected chi connectivity index (χ3v) is 4.73. The molecule has 2 N–H and O–H groups in total. The number of hydrogen-bond donors (Lipinski definition) is 1. The highest BCUT2D eigenvalue weighted by Gasteiger charge is 2.18. The van der Waals surface area contributed by atoms with Crippen molar-refractivity contribution in [2.45, 2.75) is 26.3 Å². The van der Waals surface area contributed by atoms with E-state index in [0.717, 1.165) is 33.9 Å². The summed E-state index contributed by atoms with van der Waals surface area (Å²) in [5.41, 5.74) is 10.7. The molecule has 3 aromatic rings. The Morgan fingerprint density at radius 2 is 2.05 bits per heavy atom. The SMILES string of the molecule is Cc1nn(C)c(C)c1C(N)Cc1nc2ccccc2s1. The van der Waals surface area contributed by atoms with E-state index in [4.69, 9.17) is 5.73 Å². The maximum Gasteiger partial charge on any atom is 0.0957 e. The van der Waals surface area contributed by atoms with E-state index in [1.54, 1.807) is 11.3 Å². The summed E-state index contributed by atoms with van der Waals surface area (Å²) in [7, 11) is 1.95. The highest BCUT2D eigenvalue weighted by Crippen LogP contribution is 2.27. The Morgan fingerprint density at radius 3 is 2.70 bits per heavy atom. The van der Waals surface area contributed by atoms with Gasteiger partial charge in [0.25, 0.3) is 0 Å². The minimum atomic E-state index is -0.0516. The van der Waals surface area contributed by atoms with Gasteiger partial charge in [0.2, 0.25) is 0 Å². The van der Waals surface area contributed by atoms with Gasteiger partial charge in [0.15, 0.2) is 0 Å². The minimum Gasteiger partial charge on any atom is -0.323 e. The van der Waals surface area contributed by atoms with E-state index in [2.05, 4.69) is 23.1 Å². The minimum absolute atomic E-state index is 0.0516. The fourth-order valence-corrected chi connectivity index (χ4v) is 3.65. The smallest absolute Gasteiger partial charge is 0.0957 e. The maximum atomic E-state index is 6.38. The number of para-hydroxylation sites is 1. The molecular formula is C15H18N4S. The number of rotatable bonds is 3. The molecule has 1 aromatic carbocycles. The standard InChI is InChI=1S/C15H18N4S/c1-9-15(10(2)19(3)18-9)11(16)8-14-17-12-6-4-5-7-13(12)20-14/h4-7,11H,8,16H2,1-3H3. The van der Waals surface area contributed by atoms with Gasteiger partial charge < -0.3 is 5.73 Å². The monoisotopic (exact) mass is 286 g/mol. The molecule has 2 heterocycles. The molecule has 4 nitrogen and oxygen atoms in total. The van der Waals surface area contributed by atoms with Gasteiger partial charge in [-0.1, -0.05) is 12.1 Å². The maximum absolute atomic E-state index is 6.38. The fraction of sp³-hybridized carbons (Fsp3) is 0.333. The van der Waals surface area contributed by atoms with Crippen LogP contribution >= 0.6 is 11.3 Å². The first-order valence-electron chi connectivity index (χ1n) is 6.66. The molecule has 0 radical (unpaired) electrons. The first kappa shape index (κ1) is 13.3. The van der Waals surface area contributed by atoms with Crippen molar-refractivity contribution in [3.63, 3.8) is 0 Å². The Morgan fingerprint density at radius 1 is 1.30 bits per heavy atom. The molecule has 2 aromatic heterocycles. The van der Waals surface area contributed by atoms with Crippen LogP contribution in [-0.2, 0) is 13.5 Å². The molecule has 1 atom stereocenters. The Kier molecular flexibility index (Phi) is 3.31. The molecule has 0 aliphatic carbocycles. The lowest BCUT2D eigenvalue weighted by molar-refractivity contribution is 0.699. The molecule has 0 amide bonds. The molecule has 0 spiro atoms. The number of thiazole rings is 1. The third-order valence-electron chi connectivity index (χ3n) is 3.67. The average Bonchev–Trinajstić information content (AvgIpc) is 2.90. The molecule has 3 rings (SSSR count). The van der Waals surface area contributed by atoms with Crippen LogP contribution in [0, 0.1) is 13.8 Å². The van der Waals surface area contributed by atoms with Gasteiger partial charge in [-0.3, -0.25) is 4.68 Å². The molecule has 20 heavy (non-hydrogen) atoms. The molecule has 0 bridgehead atoms. The van der Waals surface area contributed by atoms with Gasteiger partial charge in [0.05, 0.1) is 20.9 Å². The second-order valence-electron chi connectivity index (χ2n) is 5.09. The van der Waals surface area contributed by atoms with Gasteiger partial charge in [-0.2, -0.15) is 5.10 Å². The molecule has 1 unspecified atom stereocenters. The van der Waals surface area contributed by atoms with Crippen molar-refractivity contribution in [3.05, 3.63) is 46.2 Å². The van der Waals surface area contributed by atoms with E-state index < -0.39 is 0 Å². The van der Waals surface area contributed by atoms with Crippen molar-refractivity contribution in [2.24, 2.45) is 12.8 Å². The second-order valence-corrected chi connectivity index (χ2v) is 6.21. The van der Waals surface area contributed by atoms with Gasteiger partial charge >= 0.3 is 0 Å². The number of fused-ring (bicyclic) bond motifs is 1. The summed E-state index contributed by atoms with van der Waals surface area (Å²) in [6.45, 7) is 4.08. The number of benzene rings is 1. The lowest BCUT2D eigenvalue weighted by Crippen LogP contribution is -2.15. The first-order chi connectivity index (χ1) is 9.56. The van der Waals surface area contributed by atoms with Crippen LogP contribution in [0.1, 0.15) is 28.0 Å². The van der Waals surface area contributed by atoms with E-state index in [0.29, 0.717) is 0 Å². The lowest BCUT2D eigenvalue weighted by atomic mass is 10.0. The molecule has 0 fully saturated rings. The predicted octanol–water partition coefficient (Wildman–Crippen LogP) is 2.89. The second kappa shape index (κ2) is 5.00. The van der Waals surface area contributed by atoms with Crippen molar-refractivity contribution >= 4 is 21.6 Å². The number of nitrogens with two attached hydrogens (primary N) is 1. The Bertz CT molecular complexity index is 723. The topological polar surface area (TPSA) is 56.7 Å². The number of hydrogen-bond acceptors (Lipinski definition) is 4. The van der Waals surface area contributed by atoms with E-state index >= 15 is 0 Å². The molecule has 104 valence electrons. The lowest BCUT2D eigenvalue weighted by Gasteiger charge is -2.10. The van der Waals surface area contributed by atoms with Gasteiger partial charge in [-0.05, 0) is 26.0 Å². The molecule has 5 heteroatoms. The zero-order valence-electron chi connectivity index (χ0n) is 11.9. The van der Waals surface area contributed by atoms with Crippen molar-refractivity contribution in [1.29, 1.82) is 0 Å². The van der Waals surface area contributed by atoms with Crippen LogP contribution in [-0.4, -0.2) is 14.8 Å². The summed E-state index contributed by atoms with van der Waals surface area (Å²) >= 11 is 1.72. The van der Waals surface area contributed by atoms with Crippen LogP contribution in [0.15, 0.2) is 24.3 Å². The van der Waals surface area contributed by atoms with E-state index in [1.165, 1.54) is 4.70 Å². The van der Waals surface area contributed by atoms with Gasteiger partial charge in [0, 0.05) is 30.8 Å². The Hall–Kier alpha value is -1.72. The molecule has 0 saturated heterocycles. The normalized spacial score (nSPS) is 13.0. The molecule has 0 aliphatic rings. The quantitative estimate of drug-likeness (QED) is 0.805. The van der Waals surface area contributed by atoms with Crippen LogP contribution in [0.2, 0.25) is 0 Å². The molecular weight excluding hydrogens is 268 g/mol. The van der Waals surface area contributed by atoms with Gasteiger partial charge in [-0.25, -0.2) is 4.98 Å².